The zero-order valence-corrected chi connectivity index (χ0v) is 15.8. The van der Waals surface area contributed by atoms with Gasteiger partial charge in [-0.1, -0.05) is 41.9 Å². The third kappa shape index (κ3) is 3.92. The van der Waals surface area contributed by atoms with E-state index in [1.54, 1.807) is 48.5 Å². The first-order valence-electron chi connectivity index (χ1n) is 9.04. The Balaban J connectivity index is 1.47. The van der Waals surface area contributed by atoms with Crippen LogP contribution in [0.2, 0.25) is 5.02 Å². The highest BCUT2D eigenvalue weighted by Gasteiger charge is 2.34. The molecule has 1 aliphatic heterocycles. The highest BCUT2D eigenvalue weighted by Crippen LogP contribution is 2.33. The van der Waals surface area contributed by atoms with Gasteiger partial charge in [0.1, 0.15) is 11.5 Å². The molecule has 2 amide bonds. The van der Waals surface area contributed by atoms with Crippen molar-refractivity contribution in [2.24, 2.45) is 0 Å². The smallest absolute Gasteiger partial charge is 0.234 e. The summed E-state index contributed by atoms with van der Waals surface area (Å²) in [5.74, 6) is 0.844. The van der Waals surface area contributed by atoms with Gasteiger partial charge < -0.3 is 4.74 Å². The molecule has 4 rings (SSSR count). The maximum absolute atomic E-state index is 12.7. The van der Waals surface area contributed by atoms with Crippen molar-refractivity contribution < 1.29 is 14.3 Å². The van der Waals surface area contributed by atoms with Gasteiger partial charge >= 0.3 is 0 Å². The number of halogens is 1. The zero-order valence-electron chi connectivity index (χ0n) is 15.0. The Labute approximate surface area is 168 Å². The molecular weight excluding hydrogens is 374 g/mol. The summed E-state index contributed by atoms with van der Waals surface area (Å²) in [6, 6.07) is 23.7. The van der Waals surface area contributed by atoms with Crippen LogP contribution in [0.25, 0.3) is 0 Å². The van der Waals surface area contributed by atoms with Gasteiger partial charge in [-0.15, -0.1) is 0 Å². The molecule has 5 heteroatoms. The number of benzene rings is 3. The van der Waals surface area contributed by atoms with Crippen LogP contribution in [0.1, 0.15) is 24.3 Å². The molecule has 0 aromatic heterocycles. The van der Waals surface area contributed by atoms with Crippen LogP contribution in [0.15, 0.2) is 78.9 Å². The molecule has 1 saturated heterocycles. The van der Waals surface area contributed by atoms with Gasteiger partial charge in [0.05, 0.1) is 5.69 Å². The fourth-order valence-corrected chi connectivity index (χ4v) is 3.49. The van der Waals surface area contributed by atoms with E-state index in [4.69, 9.17) is 16.3 Å². The fourth-order valence-electron chi connectivity index (χ4n) is 3.37. The number of carbonyl (C=O) groups excluding carboxylic acids is 2. The molecule has 3 aromatic carbocycles. The molecule has 1 heterocycles. The van der Waals surface area contributed by atoms with E-state index in [1.807, 2.05) is 30.3 Å². The molecule has 0 bridgehead atoms. The van der Waals surface area contributed by atoms with Crippen molar-refractivity contribution >= 4 is 29.1 Å². The van der Waals surface area contributed by atoms with Crippen LogP contribution in [0.5, 0.6) is 11.5 Å². The van der Waals surface area contributed by atoms with E-state index >= 15 is 0 Å². The first-order chi connectivity index (χ1) is 13.6. The molecule has 1 fully saturated rings. The summed E-state index contributed by atoms with van der Waals surface area (Å²) >= 11 is 5.87. The lowest BCUT2D eigenvalue weighted by molar-refractivity contribution is -0.129. The average Bonchev–Trinajstić information content (AvgIpc) is 2.71. The molecule has 0 atom stereocenters. The highest BCUT2D eigenvalue weighted by atomic mass is 35.5. The summed E-state index contributed by atoms with van der Waals surface area (Å²) in [7, 11) is 0. The molecule has 0 aliphatic carbocycles. The van der Waals surface area contributed by atoms with Crippen LogP contribution < -0.4 is 9.64 Å². The summed E-state index contributed by atoms with van der Waals surface area (Å²) < 4.78 is 5.76. The van der Waals surface area contributed by atoms with Crippen molar-refractivity contribution in [3.63, 3.8) is 0 Å². The number of anilines is 1. The topological polar surface area (TPSA) is 46.6 Å². The monoisotopic (exact) mass is 391 g/mol. The van der Waals surface area contributed by atoms with E-state index in [1.165, 1.54) is 4.90 Å². The van der Waals surface area contributed by atoms with E-state index < -0.39 is 0 Å². The second-order valence-corrected chi connectivity index (χ2v) is 7.13. The SMILES string of the molecule is O=C1CC(c2ccccc2)CC(=O)N1c1ccc(Oc2ccc(Cl)cc2)cc1. The maximum atomic E-state index is 12.7. The Hall–Kier alpha value is -3.11. The molecule has 0 saturated carbocycles. The highest BCUT2D eigenvalue weighted by molar-refractivity contribution is 6.30. The number of amides is 2. The van der Waals surface area contributed by atoms with E-state index in [9.17, 15) is 9.59 Å². The van der Waals surface area contributed by atoms with Gasteiger partial charge in [-0.2, -0.15) is 0 Å². The summed E-state index contributed by atoms with van der Waals surface area (Å²) in [6.45, 7) is 0. The van der Waals surface area contributed by atoms with Crippen LogP contribution >= 0.6 is 11.6 Å². The fraction of sp³-hybridized carbons (Fsp3) is 0.130. The molecule has 4 nitrogen and oxygen atoms in total. The molecule has 140 valence electrons. The number of hydrogen-bond acceptors (Lipinski definition) is 3. The van der Waals surface area contributed by atoms with Gasteiger partial charge in [0.2, 0.25) is 11.8 Å². The zero-order chi connectivity index (χ0) is 19.5. The quantitative estimate of drug-likeness (QED) is 0.546. The van der Waals surface area contributed by atoms with E-state index in [2.05, 4.69) is 0 Å². The van der Waals surface area contributed by atoms with Crippen LogP contribution in [0, 0.1) is 0 Å². The van der Waals surface area contributed by atoms with Crippen molar-refractivity contribution in [1.29, 1.82) is 0 Å². The van der Waals surface area contributed by atoms with Crippen molar-refractivity contribution in [2.45, 2.75) is 18.8 Å². The number of imide groups is 1. The minimum Gasteiger partial charge on any atom is -0.457 e. The van der Waals surface area contributed by atoms with Gasteiger partial charge in [0.15, 0.2) is 0 Å². The summed E-state index contributed by atoms with van der Waals surface area (Å²) in [6.07, 6.45) is 0.636. The maximum Gasteiger partial charge on any atom is 0.234 e. The van der Waals surface area contributed by atoms with Gasteiger partial charge in [-0.05, 0) is 54.1 Å². The Morgan fingerprint density at radius 2 is 1.29 bits per heavy atom. The third-order valence-electron chi connectivity index (χ3n) is 4.76. The minimum atomic E-state index is -0.184. The Morgan fingerprint density at radius 3 is 1.86 bits per heavy atom. The number of piperidine rings is 1. The molecule has 0 N–H and O–H groups in total. The van der Waals surface area contributed by atoms with Crippen molar-refractivity contribution in [1.82, 2.24) is 0 Å². The largest absolute Gasteiger partial charge is 0.457 e. The predicted molar refractivity (Wildman–Crippen MR) is 109 cm³/mol. The van der Waals surface area contributed by atoms with Crippen molar-refractivity contribution in [3.8, 4) is 11.5 Å². The first-order valence-corrected chi connectivity index (χ1v) is 9.42. The van der Waals surface area contributed by atoms with Crippen molar-refractivity contribution in [3.05, 3.63) is 89.4 Å². The van der Waals surface area contributed by atoms with Crippen LogP contribution in [0.3, 0.4) is 0 Å². The van der Waals surface area contributed by atoms with Gasteiger partial charge in [-0.3, -0.25) is 14.5 Å². The minimum absolute atomic E-state index is 0.0649. The van der Waals surface area contributed by atoms with Crippen LogP contribution in [-0.2, 0) is 9.59 Å². The van der Waals surface area contributed by atoms with E-state index in [0.717, 1.165) is 5.56 Å². The van der Waals surface area contributed by atoms with E-state index in [-0.39, 0.29) is 17.7 Å². The molecule has 0 radical (unpaired) electrons. The molecule has 28 heavy (non-hydrogen) atoms. The molecule has 3 aromatic rings. The van der Waals surface area contributed by atoms with Crippen molar-refractivity contribution in [2.75, 3.05) is 4.90 Å². The molecule has 1 aliphatic rings. The second kappa shape index (κ2) is 7.87. The number of nitrogens with zero attached hydrogens (tertiary/aromatic N) is 1. The van der Waals surface area contributed by atoms with Crippen LogP contribution in [-0.4, -0.2) is 11.8 Å². The Bertz CT molecular complexity index is 967. The van der Waals surface area contributed by atoms with Gasteiger partial charge in [-0.25, -0.2) is 0 Å². The van der Waals surface area contributed by atoms with Gasteiger partial charge in [0.25, 0.3) is 0 Å². The number of ether oxygens (including phenoxy) is 1. The third-order valence-corrected chi connectivity index (χ3v) is 5.01. The lowest BCUT2D eigenvalue weighted by Gasteiger charge is -2.30. The predicted octanol–water partition coefficient (Wildman–Crippen LogP) is 5.57. The summed E-state index contributed by atoms with van der Waals surface area (Å²) in [4.78, 5) is 26.6. The summed E-state index contributed by atoms with van der Waals surface area (Å²) in [5.41, 5.74) is 1.58. The average molecular weight is 392 g/mol. The molecule has 0 spiro atoms. The van der Waals surface area contributed by atoms with E-state index in [0.29, 0.717) is 35.1 Å². The van der Waals surface area contributed by atoms with Gasteiger partial charge in [0, 0.05) is 23.8 Å². The normalized spacial score (nSPS) is 15.0. The molecular formula is C23H18ClNO3. The first kappa shape index (κ1) is 18.3. The van der Waals surface area contributed by atoms with Crippen LogP contribution in [0.4, 0.5) is 5.69 Å². The Kier molecular flexibility index (Phi) is 5.13. The summed E-state index contributed by atoms with van der Waals surface area (Å²) in [5, 5.41) is 0.638. The Morgan fingerprint density at radius 1 is 0.750 bits per heavy atom. The lowest BCUT2D eigenvalue weighted by Crippen LogP contribution is -2.42. The lowest BCUT2D eigenvalue weighted by atomic mass is 9.88. The number of rotatable bonds is 4. The number of carbonyl (C=O) groups is 2. The number of hydrogen-bond donors (Lipinski definition) is 0. The molecule has 0 unspecified atom stereocenters. The second-order valence-electron chi connectivity index (χ2n) is 6.69. The standard InChI is InChI=1S/C23H18ClNO3/c24-18-6-10-20(11-7-18)28-21-12-8-19(9-13-21)25-22(26)14-17(15-23(25)27)16-4-2-1-3-5-16/h1-13,17H,14-15H2.